The van der Waals surface area contributed by atoms with E-state index in [1.165, 1.54) is 16.8 Å². The van der Waals surface area contributed by atoms with Crippen molar-refractivity contribution >= 4 is 11.8 Å². The Morgan fingerprint density at radius 3 is 2.91 bits per heavy atom. The second-order valence-electron chi connectivity index (χ2n) is 4.91. The molecule has 0 aliphatic carbocycles. The fraction of sp³-hybridized carbons (Fsp3) is 0.462. The lowest BCUT2D eigenvalue weighted by atomic mass is 10.3. The lowest BCUT2D eigenvalue weighted by Crippen LogP contribution is -2.29. The highest BCUT2D eigenvalue weighted by Crippen LogP contribution is 2.20. The van der Waals surface area contributed by atoms with Gasteiger partial charge in [-0.25, -0.2) is 9.59 Å². The molecule has 1 aromatic rings. The molecule has 120 valence electrons. The Balaban J connectivity index is 1.92. The number of hydrogen-bond donors (Lipinski definition) is 2. The van der Waals surface area contributed by atoms with E-state index in [2.05, 4.69) is 4.98 Å². The lowest BCUT2D eigenvalue weighted by molar-refractivity contribution is -0.155. The van der Waals surface area contributed by atoms with Gasteiger partial charge in [-0.1, -0.05) is 0 Å². The molecule has 0 bridgehead atoms. The standard InChI is InChI=1S/C13H18N4O5/c1-7(2)11(15)12(18)21-6-10-20-5-9(22-10)17-4-3-8(14)16-13(17)19/h3-4,9-10H,5-6,15H2,1-2H3,(H2,14,16,19)/t9-,10-/m0/s1. The van der Waals surface area contributed by atoms with Crippen LogP contribution in [0.2, 0.25) is 0 Å². The molecule has 1 aliphatic heterocycles. The fourth-order valence-corrected chi connectivity index (χ4v) is 1.75. The summed E-state index contributed by atoms with van der Waals surface area (Å²) in [5.74, 6) is -0.509. The Hall–Kier alpha value is -2.39. The zero-order chi connectivity index (χ0) is 16.3. The molecule has 0 radical (unpaired) electrons. The topological polar surface area (TPSA) is 132 Å². The van der Waals surface area contributed by atoms with Crippen LogP contribution in [0.1, 0.15) is 20.1 Å². The number of carbonyl (C=O) groups excluding carboxylic acids is 1. The highest BCUT2D eigenvalue weighted by atomic mass is 16.7. The summed E-state index contributed by atoms with van der Waals surface area (Å²) in [6.45, 7) is 3.41. The van der Waals surface area contributed by atoms with Gasteiger partial charge >= 0.3 is 11.7 Å². The summed E-state index contributed by atoms with van der Waals surface area (Å²) in [5, 5.41) is 0. The molecule has 2 heterocycles. The lowest BCUT2D eigenvalue weighted by Gasteiger charge is -2.13. The number of nitrogens with two attached hydrogens (primary N) is 2. The predicted molar refractivity (Wildman–Crippen MR) is 76.3 cm³/mol. The molecular weight excluding hydrogens is 292 g/mol. The Bertz CT molecular complexity index is 650. The van der Waals surface area contributed by atoms with Gasteiger partial charge in [0.25, 0.3) is 0 Å². The van der Waals surface area contributed by atoms with Crippen molar-refractivity contribution in [3.05, 3.63) is 34.0 Å². The quantitative estimate of drug-likeness (QED) is 0.561. The van der Waals surface area contributed by atoms with Crippen molar-refractivity contribution in [2.75, 3.05) is 18.9 Å². The summed E-state index contributed by atoms with van der Waals surface area (Å²) in [5.41, 5.74) is 11.1. The number of hydrogen-bond acceptors (Lipinski definition) is 8. The highest BCUT2D eigenvalue weighted by Gasteiger charge is 2.29. The van der Waals surface area contributed by atoms with E-state index in [4.69, 9.17) is 25.7 Å². The van der Waals surface area contributed by atoms with E-state index in [1.807, 2.05) is 0 Å². The Kier molecular flexibility index (Phi) is 4.78. The van der Waals surface area contributed by atoms with Gasteiger partial charge in [0.2, 0.25) is 0 Å². The van der Waals surface area contributed by atoms with Gasteiger partial charge in [0.05, 0.1) is 6.61 Å². The molecule has 2 atom stereocenters. The van der Waals surface area contributed by atoms with Gasteiger partial charge in [0.15, 0.2) is 12.5 Å². The van der Waals surface area contributed by atoms with Gasteiger partial charge < -0.3 is 25.7 Å². The first-order chi connectivity index (χ1) is 10.4. The van der Waals surface area contributed by atoms with Crippen LogP contribution in [0, 0.1) is 0 Å². The molecule has 0 spiro atoms. The first kappa shape index (κ1) is 16.0. The molecule has 22 heavy (non-hydrogen) atoms. The van der Waals surface area contributed by atoms with Crippen LogP contribution in [-0.4, -0.2) is 35.0 Å². The van der Waals surface area contributed by atoms with Crippen molar-refractivity contribution in [2.45, 2.75) is 26.4 Å². The number of esters is 1. The number of nitrogens with zero attached hydrogens (tertiary/aromatic N) is 2. The molecule has 9 heteroatoms. The molecule has 2 rings (SSSR count). The van der Waals surface area contributed by atoms with Crippen LogP contribution >= 0.6 is 0 Å². The molecule has 1 fully saturated rings. The Morgan fingerprint density at radius 1 is 1.55 bits per heavy atom. The number of ether oxygens (including phenoxy) is 3. The van der Waals surface area contributed by atoms with Crippen LogP contribution in [-0.2, 0) is 19.0 Å². The molecule has 4 N–H and O–H groups in total. The van der Waals surface area contributed by atoms with Crippen molar-refractivity contribution in [1.29, 1.82) is 0 Å². The molecule has 0 saturated carbocycles. The second kappa shape index (κ2) is 6.58. The largest absolute Gasteiger partial charge is 0.456 e. The number of aromatic nitrogens is 2. The summed E-state index contributed by atoms with van der Waals surface area (Å²) in [7, 11) is 0. The molecular formula is C13H18N4O5. The van der Waals surface area contributed by atoms with Gasteiger partial charge in [0.1, 0.15) is 18.1 Å². The van der Waals surface area contributed by atoms with Crippen molar-refractivity contribution in [2.24, 2.45) is 5.73 Å². The van der Waals surface area contributed by atoms with E-state index in [1.54, 1.807) is 13.8 Å². The van der Waals surface area contributed by atoms with Crippen molar-refractivity contribution in [1.82, 2.24) is 9.55 Å². The Morgan fingerprint density at radius 2 is 2.27 bits per heavy atom. The van der Waals surface area contributed by atoms with Crippen molar-refractivity contribution in [3.8, 4) is 0 Å². The third kappa shape index (κ3) is 3.62. The van der Waals surface area contributed by atoms with E-state index < -0.39 is 24.2 Å². The van der Waals surface area contributed by atoms with E-state index in [0.29, 0.717) is 5.57 Å². The molecule has 0 aromatic carbocycles. The maximum Gasteiger partial charge on any atom is 0.354 e. The van der Waals surface area contributed by atoms with Crippen LogP contribution in [0.4, 0.5) is 5.82 Å². The van der Waals surface area contributed by atoms with Crippen LogP contribution in [0.5, 0.6) is 0 Å². The van der Waals surface area contributed by atoms with Crippen molar-refractivity contribution < 1.29 is 19.0 Å². The average molecular weight is 310 g/mol. The summed E-state index contributed by atoms with van der Waals surface area (Å²) in [6, 6.07) is 1.48. The van der Waals surface area contributed by atoms with E-state index in [0.717, 1.165) is 0 Å². The summed E-state index contributed by atoms with van der Waals surface area (Å²) < 4.78 is 17.0. The average Bonchev–Trinajstić information content (AvgIpc) is 2.92. The van der Waals surface area contributed by atoms with Crippen molar-refractivity contribution in [3.63, 3.8) is 0 Å². The number of nitrogen functional groups attached to an aromatic ring is 1. The Labute approximate surface area is 126 Å². The number of rotatable bonds is 4. The van der Waals surface area contributed by atoms with Crippen LogP contribution in [0.3, 0.4) is 0 Å². The second-order valence-corrected chi connectivity index (χ2v) is 4.91. The number of anilines is 1. The summed E-state index contributed by atoms with van der Waals surface area (Å²) in [6.07, 6.45) is 0.0438. The molecule has 0 unspecified atom stereocenters. The molecule has 9 nitrogen and oxygen atoms in total. The van der Waals surface area contributed by atoms with Gasteiger partial charge in [-0.15, -0.1) is 0 Å². The van der Waals surface area contributed by atoms with Crippen LogP contribution in [0.15, 0.2) is 28.3 Å². The number of carbonyl (C=O) groups is 1. The maximum atomic E-state index is 11.7. The van der Waals surface area contributed by atoms with Gasteiger partial charge in [-0.3, -0.25) is 4.57 Å². The monoisotopic (exact) mass is 310 g/mol. The first-order valence-electron chi connectivity index (χ1n) is 6.60. The van der Waals surface area contributed by atoms with E-state index in [9.17, 15) is 9.59 Å². The zero-order valence-corrected chi connectivity index (χ0v) is 12.3. The first-order valence-corrected chi connectivity index (χ1v) is 6.60. The predicted octanol–water partition coefficient (Wildman–Crippen LogP) is -0.507. The van der Waals surface area contributed by atoms with Crippen LogP contribution < -0.4 is 17.2 Å². The SMILES string of the molecule is CC(C)=C(N)C(=O)OC[C@H]1OC[C@@H](n2ccc(N)nc2=O)O1. The van der Waals surface area contributed by atoms with E-state index >= 15 is 0 Å². The molecule has 1 aliphatic rings. The zero-order valence-electron chi connectivity index (χ0n) is 12.3. The molecule has 1 aromatic heterocycles. The van der Waals surface area contributed by atoms with Gasteiger partial charge in [0, 0.05) is 6.20 Å². The van der Waals surface area contributed by atoms with Crippen LogP contribution in [0.25, 0.3) is 0 Å². The maximum absolute atomic E-state index is 11.7. The smallest absolute Gasteiger partial charge is 0.354 e. The van der Waals surface area contributed by atoms with E-state index in [-0.39, 0.29) is 24.7 Å². The number of allylic oxidation sites excluding steroid dienone is 1. The highest BCUT2D eigenvalue weighted by molar-refractivity contribution is 5.88. The molecule has 0 amide bonds. The fourth-order valence-electron chi connectivity index (χ4n) is 1.75. The van der Waals surface area contributed by atoms with Gasteiger partial charge in [-0.2, -0.15) is 4.98 Å². The summed E-state index contributed by atoms with van der Waals surface area (Å²) in [4.78, 5) is 26.9. The normalized spacial score (nSPS) is 20.6. The minimum Gasteiger partial charge on any atom is -0.456 e. The third-order valence-electron chi connectivity index (χ3n) is 3.00. The summed E-state index contributed by atoms with van der Waals surface area (Å²) >= 11 is 0. The van der Waals surface area contributed by atoms with Gasteiger partial charge in [-0.05, 0) is 25.5 Å². The third-order valence-corrected chi connectivity index (χ3v) is 3.00. The molecule has 1 saturated heterocycles. The minimum absolute atomic E-state index is 0.0495. The minimum atomic E-state index is -0.775.